The van der Waals surface area contributed by atoms with Gasteiger partial charge in [-0.3, -0.25) is 9.08 Å². The SMILES string of the molecule is CC(C)n1ccc(COc2cc3nncn3cc2-c2ccc(F)cc2)n1. The summed E-state index contributed by atoms with van der Waals surface area (Å²) in [6.45, 7) is 4.48. The minimum Gasteiger partial charge on any atom is -0.486 e. The summed E-state index contributed by atoms with van der Waals surface area (Å²) in [6.07, 6.45) is 5.44. The van der Waals surface area contributed by atoms with Gasteiger partial charge in [0.15, 0.2) is 5.65 Å². The number of ether oxygens (including phenoxy) is 1. The van der Waals surface area contributed by atoms with Gasteiger partial charge in [-0.05, 0) is 37.6 Å². The van der Waals surface area contributed by atoms with Crippen LogP contribution in [0.5, 0.6) is 5.75 Å². The van der Waals surface area contributed by atoms with E-state index >= 15 is 0 Å². The maximum Gasteiger partial charge on any atom is 0.164 e. The molecule has 132 valence electrons. The van der Waals surface area contributed by atoms with Gasteiger partial charge in [-0.15, -0.1) is 10.2 Å². The minimum absolute atomic E-state index is 0.277. The molecule has 4 rings (SSSR count). The van der Waals surface area contributed by atoms with Gasteiger partial charge in [0.25, 0.3) is 0 Å². The molecule has 3 heterocycles. The Kier molecular flexibility index (Phi) is 4.12. The van der Waals surface area contributed by atoms with E-state index < -0.39 is 0 Å². The summed E-state index contributed by atoms with van der Waals surface area (Å²) < 4.78 is 23.0. The summed E-state index contributed by atoms with van der Waals surface area (Å²) in [5.74, 6) is 0.372. The minimum atomic E-state index is -0.277. The molecule has 0 aliphatic carbocycles. The lowest BCUT2D eigenvalue weighted by atomic mass is 10.1. The second kappa shape index (κ2) is 6.59. The highest BCUT2D eigenvalue weighted by Gasteiger charge is 2.12. The van der Waals surface area contributed by atoms with E-state index in [-0.39, 0.29) is 5.82 Å². The van der Waals surface area contributed by atoms with Crippen molar-refractivity contribution in [3.63, 3.8) is 0 Å². The monoisotopic (exact) mass is 351 g/mol. The van der Waals surface area contributed by atoms with Crippen molar-refractivity contribution in [1.82, 2.24) is 24.4 Å². The molecular formula is C19H18FN5O. The molecular weight excluding hydrogens is 333 g/mol. The van der Waals surface area contributed by atoms with E-state index in [1.54, 1.807) is 22.9 Å². The van der Waals surface area contributed by atoms with Gasteiger partial charge in [0, 0.05) is 30.1 Å². The third-order valence-electron chi connectivity index (χ3n) is 4.12. The van der Waals surface area contributed by atoms with E-state index in [0.29, 0.717) is 24.0 Å². The first-order chi connectivity index (χ1) is 12.6. The Bertz CT molecular complexity index is 1040. The van der Waals surface area contributed by atoms with Gasteiger partial charge in [-0.2, -0.15) is 5.10 Å². The fraction of sp³-hybridized carbons (Fsp3) is 0.211. The van der Waals surface area contributed by atoms with Crippen molar-refractivity contribution in [3.05, 3.63) is 66.6 Å². The summed E-state index contributed by atoms with van der Waals surface area (Å²) in [6, 6.07) is 10.4. The highest BCUT2D eigenvalue weighted by molar-refractivity contribution is 5.72. The third kappa shape index (κ3) is 3.15. The number of fused-ring (bicyclic) bond motifs is 1. The molecule has 0 atom stereocenters. The lowest BCUT2D eigenvalue weighted by molar-refractivity contribution is 0.300. The van der Waals surface area contributed by atoms with Crippen molar-refractivity contribution in [1.29, 1.82) is 0 Å². The molecule has 0 bridgehead atoms. The van der Waals surface area contributed by atoms with Crippen LogP contribution in [-0.2, 0) is 6.61 Å². The molecule has 6 nitrogen and oxygen atoms in total. The average molecular weight is 351 g/mol. The zero-order chi connectivity index (χ0) is 18.1. The van der Waals surface area contributed by atoms with Crippen LogP contribution in [0, 0.1) is 5.82 Å². The van der Waals surface area contributed by atoms with Crippen LogP contribution in [0.1, 0.15) is 25.6 Å². The van der Waals surface area contributed by atoms with Crippen LogP contribution in [0.2, 0.25) is 0 Å². The Morgan fingerprint density at radius 2 is 1.96 bits per heavy atom. The van der Waals surface area contributed by atoms with E-state index in [1.165, 1.54) is 12.1 Å². The van der Waals surface area contributed by atoms with Crippen LogP contribution < -0.4 is 4.74 Å². The molecule has 7 heteroatoms. The van der Waals surface area contributed by atoms with E-state index in [4.69, 9.17) is 4.74 Å². The van der Waals surface area contributed by atoms with E-state index in [9.17, 15) is 4.39 Å². The van der Waals surface area contributed by atoms with E-state index in [2.05, 4.69) is 29.1 Å². The first kappa shape index (κ1) is 16.3. The predicted octanol–water partition coefficient (Wildman–Crippen LogP) is 3.89. The zero-order valence-electron chi connectivity index (χ0n) is 14.5. The Morgan fingerprint density at radius 3 is 2.69 bits per heavy atom. The number of aromatic nitrogens is 5. The maximum atomic E-state index is 13.3. The number of halogens is 1. The Morgan fingerprint density at radius 1 is 1.15 bits per heavy atom. The summed E-state index contributed by atoms with van der Waals surface area (Å²) in [7, 11) is 0. The molecule has 0 aliphatic rings. The van der Waals surface area contributed by atoms with E-state index in [0.717, 1.165) is 16.8 Å². The topological polar surface area (TPSA) is 57.2 Å². The Hall–Kier alpha value is -3.22. The van der Waals surface area contributed by atoms with Gasteiger partial charge in [0.05, 0.1) is 5.69 Å². The maximum absolute atomic E-state index is 13.3. The first-order valence-electron chi connectivity index (χ1n) is 8.36. The highest BCUT2D eigenvalue weighted by Crippen LogP contribution is 2.31. The zero-order valence-corrected chi connectivity index (χ0v) is 14.5. The van der Waals surface area contributed by atoms with Gasteiger partial charge >= 0.3 is 0 Å². The van der Waals surface area contributed by atoms with Gasteiger partial charge in [0.1, 0.15) is 24.5 Å². The first-order valence-corrected chi connectivity index (χ1v) is 8.36. The van der Waals surface area contributed by atoms with Gasteiger partial charge in [0.2, 0.25) is 0 Å². The van der Waals surface area contributed by atoms with Crippen LogP contribution in [0.15, 0.2) is 55.1 Å². The number of pyridine rings is 1. The second-order valence-electron chi connectivity index (χ2n) is 6.32. The molecule has 0 N–H and O–H groups in total. The molecule has 0 spiro atoms. The molecule has 4 aromatic rings. The average Bonchev–Trinajstić information content (AvgIpc) is 3.28. The number of rotatable bonds is 5. The normalized spacial score (nSPS) is 11.4. The molecule has 0 aliphatic heterocycles. The molecule has 0 saturated heterocycles. The lowest BCUT2D eigenvalue weighted by Gasteiger charge is -2.12. The molecule has 0 saturated carbocycles. The molecule has 0 unspecified atom stereocenters. The number of nitrogens with zero attached hydrogens (tertiary/aromatic N) is 5. The van der Waals surface area contributed by atoms with Gasteiger partial charge in [-0.25, -0.2) is 4.39 Å². The number of hydrogen-bond donors (Lipinski definition) is 0. The van der Waals surface area contributed by atoms with Crippen LogP contribution in [-0.4, -0.2) is 24.4 Å². The highest BCUT2D eigenvalue weighted by atomic mass is 19.1. The molecule has 3 aromatic heterocycles. The lowest BCUT2D eigenvalue weighted by Crippen LogP contribution is -2.04. The molecule has 1 aromatic carbocycles. The van der Waals surface area contributed by atoms with Gasteiger partial charge in [-0.1, -0.05) is 12.1 Å². The summed E-state index contributed by atoms with van der Waals surface area (Å²) in [5, 5.41) is 12.5. The molecule has 0 amide bonds. The van der Waals surface area contributed by atoms with Crippen LogP contribution in [0.3, 0.4) is 0 Å². The molecule has 0 radical (unpaired) electrons. The number of hydrogen-bond acceptors (Lipinski definition) is 4. The summed E-state index contributed by atoms with van der Waals surface area (Å²) >= 11 is 0. The van der Waals surface area contributed by atoms with Gasteiger partial charge < -0.3 is 4.74 Å². The standard InChI is InChI=1S/C19H18FN5O/c1-13(2)25-8-7-16(23-25)11-26-18-9-19-22-21-12-24(19)10-17(18)14-3-5-15(20)6-4-14/h3-10,12-13H,11H2,1-2H3. The largest absolute Gasteiger partial charge is 0.486 e. The van der Waals surface area contributed by atoms with Crippen molar-refractivity contribution in [2.75, 3.05) is 0 Å². The predicted molar refractivity (Wildman–Crippen MR) is 95.3 cm³/mol. The van der Waals surface area contributed by atoms with Crippen LogP contribution in [0.25, 0.3) is 16.8 Å². The second-order valence-corrected chi connectivity index (χ2v) is 6.32. The van der Waals surface area contributed by atoms with Crippen molar-refractivity contribution in [2.45, 2.75) is 26.5 Å². The number of benzene rings is 1. The van der Waals surface area contributed by atoms with Crippen molar-refractivity contribution in [3.8, 4) is 16.9 Å². The summed E-state index contributed by atoms with van der Waals surface area (Å²) in [4.78, 5) is 0. The fourth-order valence-corrected chi connectivity index (χ4v) is 2.71. The smallest absolute Gasteiger partial charge is 0.164 e. The van der Waals surface area contributed by atoms with E-state index in [1.807, 2.05) is 29.2 Å². The Labute approximate surface area is 149 Å². The quantitative estimate of drug-likeness (QED) is 0.547. The summed E-state index contributed by atoms with van der Waals surface area (Å²) in [5.41, 5.74) is 3.20. The molecule has 26 heavy (non-hydrogen) atoms. The van der Waals surface area contributed by atoms with Crippen molar-refractivity contribution in [2.24, 2.45) is 0 Å². The van der Waals surface area contributed by atoms with Crippen LogP contribution in [0.4, 0.5) is 4.39 Å². The van der Waals surface area contributed by atoms with Crippen LogP contribution >= 0.6 is 0 Å². The third-order valence-corrected chi connectivity index (χ3v) is 4.12. The van der Waals surface area contributed by atoms with Crippen molar-refractivity contribution < 1.29 is 9.13 Å². The van der Waals surface area contributed by atoms with Crippen molar-refractivity contribution >= 4 is 5.65 Å². The molecule has 0 fully saturated rings. The Balaban J connectivity index is 1.67. The fourth-order valence-electron chi connectivity index (χ4n) is 2.71.